The fraction of sp³-hybridized carbons (Fsp3) is 0.500. The second kappa shape index (κ2) is 5.87. The Morgan fingerprint density at radius 1 is 1.38 bits per heavy atom. The number of nitrogens with one attached hydrogen (secondary N) is 1. The molecule has 1 aromatic carbocycles. The van der Waals surface area contributed by atoms with Crippen LogP contribution in [-0.2, 0) is 4.74 Å². The predicted octanol–water partition coefficient (Wildman–Crippen LogP) is 0.553. The molecule has 3 rings (SSSR count). The molecule has 1 atom stereocenters. The number of rotatable bonds is 3. The standard InChI is InChI=1S/C14H18FN3O3/c15-12-7-10(18-8-11(9-19)21-14(18)20)1-2-13(12)17-5-3-16-4-6-17/h1-2,7,11,16,19H,3-6,8-9H2. The van der Waals surface area contributed by atoms with E-state index >= 15 is 0 Å². The molecule has 114 valence electrons. The lowest BCUT2D eigenvalue weighted by atomic mass is 10.2. The van der Waals surface area contributed by atoms with E-state index in [2.05, 4.69) is 5.32 Å². The van der Waals surface area contributed by atoms with Crippen molar-refractivity contribution in [3.05, 3.63) is 24.0 Å². The first-order valence-corrected chi connectivity index (χ1v) is 7.03. The Bertz CT molecular complexity index is 534. The van der Waals surface area contributed by atoms with E-state index in [0.29, 0.717) is 11.4 Å². The first-order valence-electron chi connectivity index (χ1n) is 7.03. The van der Waals surface area contributed by atoms with E-state index in [-0.39, 0.29) is 19.0 Å². The summed E-state index contributed by atoms with van der Waals surface area (Å²) in [4.78, 5) is 15.0. The molecule has 2 N–H and O–H groups in total. The molecule has 0 saturated carbocycles. The molecule has 0 radical (unpaired) electrons. The zero-order valence-electron chi connectivity index (χ0n) is 11.6. The van der Waals surface area contributed by atoms with Crippen LogP contribution < -0.4 is 15.1 Å². The number of cyclic esters (lactones) is 1. The fourth-order valence-electron chi connectivity index (χ4n) is 2.65. The molecule has 1 amide bonds. The lowest BCUT2D eigenvalue weighted by Crippen LogP contribution is -2.43. The molecular weight excluding hydrogens is 277 g/mol. The Labute approximate surface area is 122 Å². The Morgan fingerprint density at radius 2 is 2.14 bits per heavy atom. The smallest absolute Gasteiger partial charge is 0.414 e. The Hall–Kier alpha value is -1.86. The van der Waals surface area contributed by atoms with Crippen molar-refractivity contribution < 1.29 is 19.0 Å². The van der Waals surface area contributed by atoms with Gasteiger partial charge in [-0.1, -0.05) is 0 Å². The van der Waals surface area contributed by atoms with Crippen LogP contribution in [0.2, 0.25) is 0 Å². The number of carbonyl (C=O) groups is 1. The first-order chi connectivity index (χ1) is 10.2. The molecule has 1 aromatic rings. The molecule has 2 saturated heterocycles. The van der Waals surface area contributed by atoms with Gasteiger partial charge >= 0.3 is 6.09 Å². The number of hydrogen-bond acceptors (Lipinski definition) is 5. The highest BCUT2D eigenvalue weighted by Gasteiger charge is 2.32. The van der Waals surface area contributed by atoms with Crippen LogP contribution in [0.4, 0.5) is 20.6 Å². The third kappa shape index (κ3) is 2.79. The zero-order chi connectivity index (χ0) is 14.8. The monoisotopic (exact) mass is 295 g/mol. The van der Waals surface area contributed by atoms with Crippen LogP contribution in [0.1, 0.15) is 0 Å². The number of ether oxygens (including phenoxy) is 1. The summed E-state index contributed by atoms with van der Waals surface area (Å²) in [5.74, 6) is -0.352. The minimum absolute atomic E-state index is 0.233. The molecule has 0 aromatic heterocycles. The number of amides is 1. The molecular formula is C14H18FN3O3. The van der Waals surface area contributed by atoms with E-state index in [1.54, 1.807) is 12.1 Å². The SMILES string of the molecule is O=C1OC(CO)CN1c1ccc(N2CCNCC2)c(F)c1. The van der Waals surface area contributed by atoms with E-state index in [0.717, 1.165) is 26.2 Å². The molecule has 7 heteroatoms. The summed E-state index contributed by atoms with van der Waals surface area (Å²) in [5.41, 5.74) is 0.999. The van der Waals surface area contributed by atoms with Crippen LogP contribution >= 0.6 is 0 Å². The summed E-state index contributed by atoms with van der Waals surface area (Å²) in [7, 11) is 0. The Morgan fingerprint density at radius 3 is 2.76 bits per heavy atom. The molecule has 2 fully saturated rings. The van der Waals surface area contributed by atoms with Gasteiger partial charge < -0.3 is 20.1 Å². The predicted molar refractivity (Wildman–Crippen MR) is 76.2 cm³/mol. The van der Waals surface area contributed by atoms with Crippen molar-refractivity contribution in [3.8, 4) is 0 Å². The lowest BCUT2D eigenvalue weighted by molar-refractivity contribution is 0.0963. The van der Waals surface area contributed by atoms with Crippen molar-refractivity contribution >= 4 is 17.5 Å². The second-order valence-electron chi connectivity index (χ2n) is 5.17. The first kappa shape index (κ1) is 14.1. The van der Waals surface area contributed by atoms with Gasteiger partial charge in [-0.15, -0.1) is 0 Å². The van der Waals surface area contributed by atoms with E-state index in [9.17, 15) is 9.18 Å². The molecule has 0 bridgehead atoms. The molecule has 21 heavy (non-hydrogen) atoms. The Balaban J connectivity index is 1.79. The Kier molecular flexibility index (Phi) is 3.94. The van der Waals surface area contributed by atoms with Crippen LogP contribution in [0.5, 0.6) is 0 Å². The minimum atomic E-state index is -0.552. The largest absolute Gasteiger partial charge is 0.441 e. The fourth-order valence-corrected chi connectivity index (χ4v) is 2.65. The van der Waals surface area contributed by atoms with E-state index in [1.165, 1.54) is 11.0 Å². The van der Waals surface area contributed by atoms with Gasteiger partial charge in [0.05, 0.1) is 24.5 Å². The summed E-state index contributed by atoms with van der Waals surface area (Å²) in [6, 6.07) is 4.75. The van der Waals surface area contributed by atoms with Crippen LogP contribution in [0.3, 0.4) is 0 Å². The van der Waals surface area contributed by atoms with E-state index < -0.39 is 12.2 Å². The van der Waals surface area contributed by atoms with Crippen LogP contribution in [0.15, 0.2) is 18.2 Å². The van der Waals surface area contributed by atoms with Gasteiger partial charge in [-0.25, -0.2) is 9.18 Å². The van der Waals surface area contributed by atoms with Crippen molar-refractivity contribution in [1.29, 1.82) is 0 Å². The number of aliphatic hydroxyl groups is 1. The van der Waals surface area contributed by atoms with Gasteiger partial charge in [0.15, 0.2) is 0 Å². The maximum absolute atomic E-state index is 14.3. The number of hydrogen-bond donors (Lipinski definition) is 2. The van der Waals surface area contributed by atoms with Gasteiger partial charge in [0, 0.05) is 26.2 Å². The van der Waals surface area contributed by atoms with Crippen molar-refractivity contribution in [2.45, 2.75) is 6.10 Å². The molecule has 2 aliphatic rings. The number of piperazine rings is 1. The molecule has 0 aliphatic carbocycles. The third-order valence-corrected chi connectivity index (χ3v) is 3.78. The number of benzene rings is 1. The molecule has 6 nitrogen and oxygen atoms in total. The average Bonchev–Trinajstić information content (AvgIpc) is 2.89. The highest BCUT2D eigenvalue weighted by molar-refractivity contribution is 5.90. The second-order valence-corrected chi connectivity index (χ2v) is 5.17. The molecule has 0 spiro atoms. The van der Waals surface area contributed by atoms with Gasteiger partial charge in [0.1, 0.15) is 11.9 Å². The van der Waals surface area contributed by atoms with Crippen molar-refractivity contribution in [2.24, 2.45) is 0 Å². The molecule has 2 heterocycles. The van der Waals surface area contributed by atoms with Crippen molar-refractivity contribution in [1.82, 2.24) is 5.32 Å². The highest BCUT2D eigenvalue weighted by atomic mass is 19.1. The summed E-state index contributed by atoms with van der Waals surface area (Å²) in [5, 5.41) is 12.2. The quantitative estimate of drug-likeness (QED) is 0.853. The number of anilines is 2. The number of halogens is 1. The summed E-state index contributed by atoms with van der Waals surface area (Å²) in [6.07, 6.45) is -1.10. The van der Waals surface area contributed by atoms with Gasteiger partial charge in [-0.05, 0) is 18.2 Å². The molecule has 2 aliphatic heterocycles. The van der Waals surface area contributed by atoms with Gasteiger partial charge in [0.25, 0.3) is 0 Å². The maximum Gasteiger partial charge on any atom is 0.414 e. The molecule has 1 unspecified atom stereocenters. The topological polar surface area (TPSA) is 65.0 Å². The van der Waals surface area contributed by atoms with Crippen molar-refractivity contribution in [3.63, 3.8) is 0 Å². The minimum Gasteiger partial charge on any atom is -0.441 e. The normalized spacial score (nSPS) is 22.6. The summed E-state index contributed by atoms with van der Waals surface area (Å²) < 4.78 is 19.3. The number of nitrogens with zero attached hydrogens (tertiary/aromatic N) is 2. The third-order valence-electron chi connectivity index (χ3n) is 3.78. The zero-order valence-corrected chi connectivity index (χ0v) is 11.6. The summed E-state index contributed by atoms with van der Waals surface area (Å²) in [6.45, 7) is 3.18. The van der Waals surface area contributed by atoms with E-state index in [1.807, 2.05) is 4.90 Å². The van der Waals surface area contributed by atoms with E-state index in [4.69, 9.17) is 9.84 Å². The average molecular weight is 295 g/mol. The van der Waals surface area contributed by atoms with Crippen LogP contribution in [0.25, 0.3) is 0 Å². The van der Waals surface area contributed by atoms with Gasteiger partial charge in [0.2, 0.25) is 0 Å². The van der Waals surface area contributed by atoms with Gasteiger partial charge in [-0.3, -0.25) is 4.90 Å². The highest BCUT2D eigenvalue weighted by Crippen LogP contribution is 2.28. The van der Waals surface area contributed by atoms with Crippen molar-refractivity contribution in [2.75, 3.05) is 49.1 Å². The maximum atomic E-state index is 14.3. The van der Waals surface area contributed by atoms with Crippen LogP contribution in [0, 0.1) is 5.82 Å². The number of carbonyl (C=O) groups excluding carboxylic acids is 1. The number of aliphatic hydroxyl groups excluding tert-OH is 1. The van der Waals surface area contributed by atoms with Crippen LogP contribution in [-0.4, -0.2) is 56.6 Å². The lowest BCUT2D eigenvalue weighted by Gasteiger charge is -2.30. The van der Waals surface area contributed by atoms with Gasteiger partial charge in [-0.2, -0.15) is 0 Å². The summed E-state index contributed by atoms with van der Waals surface area (Å²) >= 11 is 0.